The number of aromatic hydroxyl groups is 1. The topological polar surface area (TPSA) is 171 Å². The molecule has 31 heavy (non-hydrogen) atoms. The number of aliphatic hydroxyl groups excluding tert-OH is 4. The van der Waals surface area contributed by atoms with Crippen LogP contribution in [0, 0.1) is 6.92 Å². The summed E-state index contributed by atoms with van der Waals surface area (Å²) in [6.45, 7) is 0.960. The van der Waals surface area contributed by atoms with Gasteiger partial charge < -0.3 is 35.2 Å². The van der Waals surface area contributed by atoms with Crippen molar-refractivity contribution in [3.8, 4) is 11.5 Å². The lowest BCUT2D eigenvalue weighted by Gasteiger charge is -2.24. The number of hydrogen-bond donors (Lipinski definition) is 5. The summed E-state index contributed by atoms with van der Waals surface area (Å²) in [4.78, 5) is 46.2. The molecule has 0 amide bonds. The molecule has 1 aliphatic carbocycles. The van der Waals surface area contributed by atoms with Crippen LogP contribution in [0.5, 0.6) is 11.5 Å². The molecule has 0 aliphatic heterocycles. The standard InChI is InChI=1S/C21H20O10/c1-9-5-11-16(12(23)6-9)21(29)17-10(18(11)26)3-2-4-15(17)31-30-8-14(25)20(28)19(27)13(24)7-22/h2-7,13-14,19-20,23-25,27-28H,8H2,1H3/t13-,14+,19+,20+/m0/s1. The SMILES string of the molecule is Cc1cc(O)c2c(c1)C(=O)c1cccc(OOC[C@@H](O)[C@@H](O)[C@H](O)[C@@H](O)C=O)c1C2=O. The molecule has 0 spiro atoms. The number of fused-ring (bicyclic) bond motifs is 2. The Kier molecular flexibility index (Phi) is 6.48. The van der Waals surface area contributed by atoms with Crippen LogP contribution in [-0.2, 0) is 9.68 Å². The molecule has 0 aromatic heterocycles. The summed E-state index contributed by atoms with van der Waals surface area (Å²) in [6, 6.07) is 7.04. The molecule has 0 bridgehead atoms. The molecular formula is C21H20O10. The molecule has 0 radical (unpaired) electrons. The lowest BCUT2D eigenvalue weighted by Crippen LogP contribution is -2.46. The maximum atomic E-state index is 13.0. The average Bonchev–Trinajstić information content (AvgIpc) is 2.75. The van der Waals surface area contributed by atoms with E-state index in [0.29, 0.717) is 5.56 Å². The predicted molar refractivity (Wildman–Crippen MR) is 103 cm³/mol. The Morgan fingerprint density at radius 2 is 1.68 bits per heavy atom. The highest BCUT2D eigenvalue weighted by atomic mass is 17.2. The molecule has 0 saturated carbocycles. The summed E-state index contributed by atoms with van der Waals surface area (Å²) in [5.41, 5.74) is 0.389. The zero-order valence-corrected chi connectivity index (χ0v) is 16.3. The van der Waals surface area contributed by atoms with Gasteiger partial charge in [-0.3, -0.25) is 9.59 Å². The van der Waals surface area contributed by atoms with Gasteiger partial charge in [0.25, 0.3) is 0 Å². The zero-order valence-electron chi connectivity index (χ0n) is 16.3. The van der Waals surface area contributed by atoms with Gasteiger partial charge in [0.15, 0.2) is 17.8 Å². The maximum absolute atomic E-state index is 13.0. The van der Waals surface area contributed by atoms with E-state index in [0.717, 1.165) is 0 Å². The van der Waals surface area contributed by atoms with Gasteiger partial charge in [-0.05, 0) is 30.7 Å². The summed E-state index contributed by atoms with van der Waals surface area (Å²) in [6.07, 6.45) is -7.56. The Bertz CT molecular complexity index is 1030. The smallest absolute Gasteiger partial charge is 0.202 e. The molecule has 164 valence electrons. The minimum Gasteiger partial charge on any atom is -0.507 e. The van der Waals surface area contributed by atoms with Crippen molar-refractivity contribution in [1.82, 2.24) is 0 Å². The second-order valence-corrected chi connectivity index (χ2v) is 7.09. The zero-order chi connectivity index (χ0) is 22.9. The fourth-order valence-corrected chi connectivity index (χ4v) is 3.26. The number of aliphatic hydroxyl groups is 4. The van der Waals surface area contributed by atoms with Crippen LogP contribution in [0.3, 0.4) is 0 Å². The first-order valence-corrected chi connectivity index (χ1v) is 9.20. The van der Waals surface area contributed by atoms with Gasteiger partial charge in [-0.1, -0.05) is 12.1 Å². The van der Waals surface area contributed by atoms with Crippen LogP contribution < -0.4 is 4.89 Å². The van der Waals surface area contributed by atoms with E-state index in [1.54, 1.807) is 6.92 Å². The van der Waals surface area contributed by atoms with Crippen molar-refractivity contribution in [3.05, 3.63) is 58.1 Å². The monoisotopic (exact) mass is 432 g/mol. The van der Waals surface area contributed by atoms with Crippen molar-refractivity contribution in [2.75, 3.05) is 6.61 Å². The van der Waals surface area contributed by atoms with Crippen LogP contribution >= 0.6 is 0 Å². The molecule has 10 nitrogen and oxygen atoms in total. The molecule has 1 aliphatic rings. The maximum Gasteiger partial charge on any atom is 0.202 e. The molecule has 2 aromatic carbocycles. The lowest BCUT2D eigenvalue weighted by atomic mass is 9.82. The number of aldehydes is 1. The molecule has 5 N–H and O–H groups in total. The molecule has 0 fully saturated rings. The Morgan fingerprint density at radius 1 is 0.968 bits per heavy atom. The van der Waals surface area contributed by atoms with Crippen LogP contribution in [0.4, 0.5) is 0 Å². The fraction of sp³-hybridized carbons (Fsp3) is 0.286. The first kappa shape index (κ1) is 22.5. The van der Waals surface area contributed by atoms with Crippen molar-refractivity contribution >= 4 is 17.9 Å². The molecule has 2 aromatic rings. The summed E-state index contributed by atoms with van der Waals surface area (Å²) in [5.74, 6) is -1.67. The molecule has 0 heterocycles. The minimum atomic E-state index is -1.96. The second kappa shape index (κ2) is 8.92. The van der Waals surface area contributed by atoms with Crippen LogP contribution in [-0.4, -0.2) is 74.4 Å². The molecule has 0 unspecified atom stereocenters. The number of ketones is 2. The number of rotatable bonds is 8. The van der Waals surface area contributed by atoms with Gasteiger partial charge in [-0.2, -0.15) is 4.89 Å². The van der Waals surface area contributed by atoms with E-state index in [2.05, 4.69) is 0 Å². The highest BCUT2D eigenvalue weighted by Gasteiger charge is 2.35. The quantitative estimate of drug-likeness (QED) is 0.176. The minimum absolute atomic E-state index is 0.00834. The third-order valence-corrected chi connectivity index (χ3v) is 4.85. The Morgan fingerprint density at radius 3 is 2.35 bits per heavy atom. The molecule has 10 heteroatoms. The Hall–Kier alpha value is -3.15. The highest BCUT2D eigenvalue weighted by Crippen LogP contribution is 2.37. The number of phenolic OH excluding ortho intramolecular Hbond substituents is 1. The molecular weight excluding hydrogens is 412 g/mol. The summed E-state index contributed by atoms with van der Waals surface area (Å²) in [7, 11) is 0. The van der Waals surface area contributed by atoms with Gasteiger partial charge in [-0.15, -0.1) is 0 Å². The van der Waals surface area contributed by atoms with Gasteiger partial charge in [0, 0.05) is 11.1 Å². The third-order valence-electron chi connectivity index (χ3n) is 4.85. The lowest BCUT2D eigenvalue weighted by molar-refractivity contribution is -0.237. The first-order chi connectivity index (χ1) is 14.7. The molecule has 3 rings (SSSR count). The normalized spacial score (nSPS) is 16.7. The number of hydrogen-bond acceptors (Lipinski definition) is 10. The van der Waals surface area contributed by atoms with Crippen molar-refractivity contribution < 1.29 is 49.7 Å². The van der Waals surface area contributed by atoms with Gasteiger partial charge in [0.1, 0.15) is 36.8 Å². The van der Waals surface area contributed by atoms with Crippen LogP contribution in [0.2, 0.25) is 0 Å². The van der Waals surface area contributed by atoms with Crippen molar-refractivity contribution in [1.29, 1.82) is 0 Å². The van der Waals surface area contributed by atoms with Crippen molar-refractivity contribution in [2.24, 2.45) is 0 Å². The van der Waals surface area contributed by atoms with Crippen molar-refractivity contribution in [3.63, 3.8) is 0 Å². The highest BCUT2D eigenvalue weighted by molar-refractivity contribution is 6.30. The number of benzene rings is 2. The van der Waals surface area contributed by atoms with E-state index in [1.807, 2.05) is 0 Å². The number of carbonyl (C=O) groups excluding carboxylic acids is 3. The van der Waals surface area contributed by atoms with Gasteiger partial charge in [-0.25, -0.2) is 0 Å². The van der Waals surface area contributed by atoms with E-state index < -0.39 is 42.6 Å². The average molecular weight is 432 g/mol. The molecule has 4 atom stereocenters. The van der Waals surface area contributed by atoms with E-state index in [1.165, 1.54) is 30.3 Å². The first-order valence-electron chi connectivity index (χ1n) is 9.20. The van der Waals surface area contributed by atoms with Crippen LogP contribution in [0.25, 0.3) is 0 Å². The van der Waals surface area contributed by atoms with E-state index in [4.69, 9.17) is 9.78 Å². The Labute approximate surface area is 175 Å². The van der Waals surface area contributed by atoms with Crippen molar-refractivity contribution in [2.45, 2.75) is 31.3 Å². The van der Waals surface area contributed by atoms with Crippen LogP contribution in [0.15, 0.2) is 30.3 Å². The summed E-state index contributed by atoms with van der Waals surface area (Å²) >= 11 is 0. The third kappa shape index (κ3) is 4.20. The van der Waals surface area contributed by atoms with E-state index in [-0.39, 0.29) is 40.0 Å². The molecule has 0 saturated heterocycles. The van der Waals surface area contributed by atoms with Gasteiger partial charge in [0.05, 0.1) is 11.1 Å². The van der Waals surface area contributed by atoms with Gasteiger partial charge >= 0.3 is 0 Å². The van der Waals surface area contributed by atoms with E-state index >= 15 is 0 Å². The summed E-state index contributed by atoms with van der Waals surface area (Å²) < 4.78 is 0. The fourth-order valence-electron chi connectivity index (χ4n) is 3.26. The Balaban J connectivity index is 1.80. The largest absolute Gasteiger partial charge is 0.507 e. The number of aryl methyl sites for hydroxylation is 1. The van der Waals surface area contributed by atoms with Crippen LogP contribution in [0.1, 0.15) is 37.4 Å². The van der Waals surface area contributed by atoms with Gasteiger partial charge in [0.2, 0.25) is 5.78 Å². The van der Waals surface area contributed by atoms with E-state index in [9.17, 15) is 39.9 Å². The summed E-state index contributed by atoms with van der Waals surface area (Å²) in [5, 5.41) is 48.5. The second-order valence-electron chi connectivity index (χ2n) is 7.09. The number of phenols is 1. The number of carbonyl (C=O) groups is 3. The predicted octanol–water partition coefficient (Wildman–Crippen LogP) is -0.571.